The van der Waals surface area contributed by atoms with Crippen LogP contribution in [0.4, 0.5) is 13.2 Å². The molecule has 8 heteroatoms. The summed E-state index contributed by atoms with van der Waals surface area (Å²) in [5, 5.41) is 14.2. The zero-order chi connectivity index (χ0) is 18.2. The van der Waals surface area contributed by atoms with Gasteiger partial charge >= 0.3 is 6.18 Å². The Morgan fingerprint density at radius 1 is 1.16 bits per heavy atom. The fraction of sp³-hybridized carbons (Fsp3) is 0.235. The lowest BCUT2D eigenvalue weighted by Crippen LogP contribution is -2.56. The first-order valence-corrected chi connectivity index (χ1v) is 7.40. The molecule has 1 aliphatic heterocycles. The van der Waals surface area contributed by atoms with Crippen molar-refractivity contribution in [2.24, 2.45) is 5.10 Å². The molecular formula is C17H14F3N3O2. The molecule has 1 aromatic heterocycles. The molecule has 2 aromatic rings. The molecule has 130 valence electrons. The molecule has 0 radical (unpaired) electrons. The summed E-state index contributed by atoms with van der Waals surface area (Å²) >= 11 is 0. The molecule has 0 aliphatic carbocycles. The van der Waals surface area contributed by atoms with Crippen LogP contribution < -0.4 is 0 Å². The molecule has 0 spiro atoms. The smallest absolute Gasteiger partial charge is 0.362 e. The maximum Gasteiger partial charge on any atom is 0.438 e. The number of benzene rings is 1. The summed E-state index contributed by atoms with van der Waals surface area (Å²) in [4.78, 5) is 16.3. The predicted molar refractivity (Wildman–Crippen MR) is 83.7 cm³/mol. The van der Waals surface area contributed by atoms with E-state index in [1.807, 2.05) is 0 Å². The molecule has 2 heterocycles. The van der Waals surface area contributed by atoms with Crippen LogP contribution in [-0.2, 0) is 0 Å². The zero-order valence-corrected chi connectivity index (χ0v) is 13.2. The third-order valence-electron chi connectivity index (χ3n) is 3.94. The van der Waals surface area contributed by atoms with Crippen LogP contribution in [0.1, 0.15) is 27.9 Å². The summed E-state index contributed by atoms with van der Waals surface area (Å²) < 4.78 is 40.5. The summed E-state index contributed by atoms with van der Waals surface area (Å²) in [6.45, 7) is 1.79. The number of aromatic nitrogens is 1. The number of hydrogen-bond acceptors (Lipinski definition) is 4. The standard InChI is InChI=1S/C17H14F3N3O2/c1-11-2-4-13(5-3-11)15(24)23-16(25,17(18,19)20)10-14(22-23)12-6-8-21-9-7-12/h2-9,25H,10H2,1H3/t16-/m1/s1. The van der Waals surface area contributed by atoms with Crippen LogP contribution in [0.25, 0.3) is 0 Å². The number of pyridine rings is 1. The Morgan fingerprint density at radius 2 is 1.76 bits per heavy atom. The van der Waals surface area contributed by atoms with E-state index in [2.05, 4.69) is 10.1 Å². The second-order valence-electron chi connectivity index (χ2n) is 5.76. The number of hydrogen-bond donors (Lipinski definition) is 1. The lowest BCUT2D eigenvalue weighted by atomic mass is 10.0. The van der Waals surface area contributed by atoms with Gasteiger partial charge in [0.2, 0.25) is 0 Å². The number of aliphatic hydroxyl groups is 1. The van der Waals surface area contributed by atoms with Gasteiger partial charge in [-0.05, 0) is 31.2 Å². The molecule has 0 bridgehead atoms. The molecule has 1 amide bonds. The Morgan fingerprint density at radius 3 is 2.32 bits per heavy atom. The highest BCUT2D eigenvalue weighted by Gasteiger charge is 2.63. The van der Waals surface area contributed by atoms with Gasteiger partial charge in [-0.3, -0.25) is 9.78 Å². The normalized spacial score (nSPS) is 20.5. The first-order chi connectivity index (χ1) is 11.7. The monoisotopic (exact) mass is 349 g/mol. The van der Waals surface area contributed by atoms with Crippen molar-refractivity contribution in [3.05, 3.63) is 65.5 Å². The Labute approximate surface area is 141 Å². The summed E-state index contributed by atoms with van der Waals surface area (Å²) in [5.41, 5.74) is -2.22. The maximum absolute atomic E-state index is 13.5. The van der Waals surface area contributed by atoms with Crippen molar-refractivity contribution >= 4 is 11.6 Å². The molecule has 1 N–H and O–H groups in total. The summed E-state index contributed by atoms with van der Waals surface area (Å²) in [5.74, 6) is -1.02. The van der Waals surface area contributed by atoms with Gasteiger partial charge < -0.3 is 5.11 Å². The van der Waals surface area contributed by atoms with Crippen molar-refractivity contribution < 1.29 is 23.1 Å². The van der Waals surface area contributed by atoms with Crippen molar-refractivity contribution in [1.29, 1.82) is 0 Å². The highest BCUT2D eigenvalue weighted by Crippen LogP contribution is 2.41. The van der Waals surface area contributed by atoms with E-state index >= 15 is 0 Å². The lowest BCUT2D eigenvalue weighted by Gasteiger charge is -2.32. The van der Waals surface area contributed by atoms with Gasteiger partial charge in [0.1, 0.15) is 0 Å². The molecule has 25 heavy (non-hydrogen) atoms. The van der Waals surface area contributed by atoms with Crippen LogP contribution in [0, 0.1) is 6.92 Å². The van der Waals surface area contributed by atoms with Crippen molar-refractivity contribution in [3.8, 4) is 0 Å². The Balaban J connectivity index is 2.04. The van der Waals surface area contributed by atoms with Gasteiger partial charge in [0.15, 0.2) is 0 Å². The predicted octanol–water partition coefficient (Wildman–Crippen LogP) is 2.89. The van der Waals surface area contributed by atoms with Crippen molar-refractivity contribution in [1.82, 2.24) is 9.99 Å². The van der Waals surface area contributed by atoms with E-state index in [0.717, 1.165) is 5.56 Å². The minimum Gasteiger partial charge on any atom is -0.362 e. The van der Waals surface area contributed by atoms with Gasteiger partial charge in [-0.25, -0.2) is 0 Å². The summed E-state index contributed by atoms with van der Waals surface area (Å²) in [7, 11) is 0. The van der Waals surface area contributed by atoms with E-state index in [1.165, 1.54) is 36.7 Å². The van der Waals surface area contributed by atoms with Crippen molar-refractivity contribution in [2.45, 2.75) is 25.2 Å². The highest BCUT2D eigenvalue weighted by molar-refractivity contribution is 6.05. The van der Waals surface area contributed by atoms with Gasteiger partial charge in [0.25, 0.3) is 11.6 Å². The number of alkyl halides is 3. The van der Waals surface area contributed by atoms with Gasteiger partial charge in [-0.2, -0.15) is 23.3 Å². The zero-order valence-electron chi connectivity index (χ0n) is 13.2. The molecule has 0 saturated heterocycles. The third-order valence-corrected chi connectivity index (χ3v) is 3.94. The van der Waals surface area contributed by atoms with E-state index in [9.17, 15) is 23.1 Å². The van der Waals surface area contributed by atoms with Crippen molar-refractivity contribution in [2.75, 3.05) is 0 Å². The Bertz CT molecular complexity index is 819. The van der Waals surface area contributed by atoms with Crippen LogP contribution in [0.15, 0.2) is 53.9 Å². The number of hydrazone groups is 1. The minimum atomic E-state index is -5.06. The Kier molecular flexibility index (Phi) is 4.08. The van der Waals surface area contributed by atoms with E-state index < -0.39 is 24.2 Å². The molecule has 1 aromatic carbocycles. The van der Waals surface area contributed by atoms with Gasteiger partial charge in [0, 0.05) is 23.5 Å². The minimum absolute atomic E-state index is 0.00741. The van der Waals surface area contributed by atoms with Crippen LogP contribution in [0.3, 0.4) is 0 Å². The number of amides is 1. The molecule has 0 unspecified atom stereocenters. The molecule has 0 fully saturated rings. The first-order valence-electron chi connectivity index (χ1n) is 7.40. The van der Waals surface area contributed by atoms with Gasteiger partial charge in [-0.15, -0.1) is 0 Å². The summed E-state index contributed by atoms with van der Waals surface area (Å²) in [6, 6.07) is 8.93. The number of aryl methyl sites for hydroxylation is 1. The van der Waals surface area contributed by atoms with Crippen LogP contribution >= 0.6 is 0 Å². The second-order valence-corrected chi connectivity index (χ2v) is 5.76. The number of rotatable bonds is 2. The van der Waals surface area contributed by atoms with E-state index in [-0.39, 0.29) is 16.3 Å². The van der Waals surface area contributed by atoms with E-state index in [0.29, 0.717) is 5.56 Å². The molecule has 0 saturated carbocycles. The number of carbonyl (C=O) groups excluding carboxylic acids is 1. The molecular weight excluding hydrogens is 335 g/mol. The third kappa shape index (κ3) is 3.00. The Hall–Kier alpha value is -2.74. The number of halogens is 3. The van der Waals surface area contributed by atoms with Gasteiger partial charge in [-0.1, -0.05) is 17.7 Å². The molecule has 3 rings (SSSR count). The van der Waals surface area contributed by atoms with Crippen LogP contribution in [-0.4, -0.2) is 38.6 Å². The largest absolute Gasteiger partial charge is 0.438 e. The topological polar surface area (TPSA) is 65.8 Å². The van der Waals surface area contributed by atoms with Gasteiger partial charge in [0.05, 0.1) is 12.1 Å². The summed E-state index contributed by atoms with van der Waals surface area (Å²) in [6.07, 6.45) is -3.12. The number of nitrogens with zero attached hydrogens (tertiary/aromatic N) is 3. The van der Waals surface area contributed by atoms with E-state index in [4.69, 9.17) is 0 Å². The highest BCUT2D eigenvalue weighted by atomic mass is 19.4. The van der Waals surface area contributed by atoms with Crippen molar-refractivity contribution in [3.63, 3.8) is 0 Å². The van der Waals surface area contributed by atoms with Crippen LogP contribution in [0.5, 0.6) is 0 Å². The second kappa shape index (κ2) is 5.96. The molecule has 1 atom stereocenters. The fourth-order valence-electron chi connectivity index (χ4n) is 2.50. The average Bonchev–Trinajstić information content (AvgIpc) is 2.95. The maximum atomic E-state index is 13.5. The average molecular weight is 349 g/mol. The fourth-order valence-corrected chi connectivity index (χ4v) is 2.50. The SMILES string of the molecule is Cc1ccc(C(=O)N2N=C(c3ccncc3)C[C@@]2(O)C(F)(F)F)cc1. The molecule has 5 nitrogen and oxygen atoms in total. The van der Waals surface area contributed by atoms with Crippen LogP contribution in [0.2, 0.25) is 0 Å². The lowest BCUT2D eigenvalue weighted by molar-refractivity contribution is -0.297. The number of carbonyl (C=O) groups is 1. The van der Waals surface area contributed by atoms with E-state index in [1.54, 1.807) is 19.1 Å². The first kappa shape index (κ1) is 17.1. The quantitative estimate of drug-likeness (QED) is 0.907. The molecule has 1 aliphatic rings.